The SMILES string of the molecule is CC(C)CNCc1coc(COC2CC(C)CC(C)C2)c1. The highest BCUT2D eigenvalue weighted by Crippen LogP contribution is 2.30. The second-order valence-electron chi connectivity index (χ2n) is 7.30. The predicted molar refractivity (Wildman–Crippen MR) is 86.0 cm³/mol. The van der Waals surface area contributed by atoms with Gasteiger partial charge in [-0.1, -0.05) is 27.7 Å². The average Bonchev–Trinajstić information content (AvgIpc) is 2.83. The Morgan fingerprint density at radius 3 is 2.62 bits per heavy atom. The molecule has 1 aliphatic rings. The van der Waals surface area contributed by atoms with Gasteiger partial charge in [0, 0.05) is 12.1 Å². The summed E-state index contributed by atoms with van der Waals surface area (Å²) >= 11 is 0. The molecule has 1 N–H and O–H groups in total. The van der Waals surface area contributed by atoms with Crippen LogP contribution in [0.3, 0.4) is 0 Å². The molecule has 3 heteroatoms. The first-order valence-electron chi connectivity index (χ1n) is 8.41. The van der Waals surface area contributed by atoms with Crippen LogP contribution in [0.4, 0.5) is 0 Å². The molecule has 2 atom stereocenters. The van der Waals surface area contributed by atoms with Crippen LogP contribution in [-0.2, 0) is 17.9 Å². The number of furan rings is 1. The molecule has 3 nitrogen and oxygen atoms in total. The Morgan fingerprint density at radius 2 is 1.95 bits per heavy atom. The summed E-state index contributed by atoms with van der Waals surface area (Å²) in [4.78, 5) is 0. The lowest BCUT2D eigenvalue weighted by Gasteiger charge is -2.31. The minimum atomic E-state index is 0.399. The van der Waals surface area contributed by atoms with Gasteiger partial charge in [-0.15, -0.1) is 0 Å². The average molecular weight is 293 g/mol. The second-order valence-corrected chi connectivity index (χ2v) is 7.30. The minimum Gasteiger partial charge on any atom is -0.467 e. The lowest BCUT2D eigenvalue weighted by Crippen LogP contribution is -2.26. The van der Waals surface area contributed by atoms with E-state index >= 15 is 0 Å². The quantitative estimate of drug-likeness (QED) is 0.810. The molecule has 1 aliphatic carbocycles. The molecule has 2 unspecified atom stereocenters. The topological polar surface area (TPSA) is 34.4 Å². The van der Waals surface area contributed by atoms with Gasteiger partial charge in [-0.05, 0) is 49.6 Å². The highest BCUT2D eigenvalue weighted by atomic mass is 16.5. The number of nitrogens with one attached hydrogen (secondary N) is 1. The summed E-state index contributed by atoms with van der Waals surface area (Å²) in [5.74, 6) is 3.19. The van der Waals surface area contributed by atoms with Crippen molar-refractivity contribution in [3.05, 3.63) is 23.7 Å². The van der Waals surface area contributed by atoms with Crippen LogP contribution < -0.4 is 5.32 Å². The van der Waals surface area contributed by atoms with Crippen molar-refractivity contribution < 1.29 is 9.15 Å². The molecule has 1 saturated carbocycles. The Kier molecular flexibility index (Phi) is 6.31. The van der Waals surface area contributed by atoms with Gasteiger partial charge in [-0.3, -0.25) is 0 Å². The Hall–Kier alpha value is -0.800. The highest BCUT2D eigenvalue weighted by molar-refractivity contribution is 5.12. The van der Waals surface area contributed by atoms with E-state index in [9.17, 15) is 0 Å². The molecule has 0 amide bonds. The summed E-state index contributed by atoms with van der Waals surface area (Å²) in [6.07, 6.45) is 5.96. The van der Waals surface area contributed by atoms with Crippen LogP contribution in [0, 0.1) is 17.8 Å². The molecule has 1 fully saturated rings. The summed E-state index contributed by atoms with van der Waals surface area (Å²) in [6.45, 7) is 11.6. The smallest absolute Gasteiger partial charge is 0.129 e. The van der Waals surface area contributed by atoms with E-state index < -0.39 is 0 Å². The van der Waals surface area contributed by atoms with Crippen molar-refractivity contribution in [1.82, 2.24) is 5.32 Å². The standard InChI is InChI=1S/C18H31NO2/c1-13(2)9-19-10-16-8-18(20-11-16)12-21-17-6-14(3)5-15(4)7-17/h8,11,13-15,17,19H,5-7,9-10,12H2,1-4H3. The third-order valence-corrected chi connectivity index (χ3v) is 4.19. The summed E-state index contributed by atoms with van der Waals surface area (Å²) in [6, 6.07) is 2.11. The molecule has 0 spiro atoms. The first kappa shape index (κ1) is 16.6. The maximum absolute atomic E-state index is 6.05. The molecular weight excluding hydrogens is 262 g/mol. The van der Waals surface area contributed by atoms with Crippen molar-refractivity contribution >= 4 is 0 Å². The van der Waals surface area contributed by atoms with Crippen LogP contribution in [-0.4, -0.2) is 12.6 Å². The predicted octanol–water partition coefficient (Wildman–Crippen LogP) is 4.37. The van der Waals surface area contributed by atoms with Gasteiger partial charge in [-0.25, -0.2) is 0 Å². The fraction of sp³-hybridized carbons (Fsp3) is 0.778. The Bertz CT molecular complexity index is 403. The molecular formula is C18H31NO2. The van der Waals surface area contributed by atoms with E-state index in [0.29, 0.717) is 18.6 Å². The van der Waals surface area contributed by atoms with Crippen LogP contribution in [0.25, 0.3) is 0 Å². The van der Waals surface area contributed by atoms with Crippen molar-refractivity contribution in [3.63, 3.8) is 0 Å². The zero-order valence-electron chi connectivity index (χ0n) is 14.0. The molecule has 120 valence electrons. The van der Waals surface area contributed by atoms with E-state index in [1.807, 2.05) is 6.26 Å². The second kappa shape index (κ2) is 8.00. The minimum absolute atomic E-state index is 0.399. The van der Waals surface area contributed by atoms with Gasteiger partial charge in [0.1, 0.15) is 12.4 Å². The zero-order valence-corrected chi connectivity index (χ0v) is 14.0. The van der Waals surface area contributed by atoms with Gasteiger partial charge >= 0.3 is 0 Å². The lowest BCUT2D eigenvalue weighted by molar-refractivity contribution is -0.0156. The van der Waals surface area contributed by atoms with Crippen molar-refractivity contribution in [2.75, 3.05) is 6.54 Å². The molecule has 0 aliphatic heterocycles. The molecule has 1 aromatic heterocycles. The first-order chi connectivity index (χ1) is 10.0. The Morgan fingerprint density at radius 1 is 1.24 bits per heavy atom. The maximum atomic E-state index is 6.05. The number of ether oxygens (including phenoxy) is 1. The third kappa shape index (κ3) is 5.84. The van der Waals surface area contributed by atoms with E-state index in [0.717, 1.165) is 30.7 Å². The van der Waals surface area contributed by atoms with Crippen molar-refractivity contribution in [3.8, 4) is 0 Å². The lowest BCUT2D eigenvalue weighted by atomic mass is 9.82. The van der Waals surface area contributed by atoms with E-state index in [2.05, 4.69) is 39.1 Å². The molecule has 0 bridgehead atoms. The van der Waals surface area contributed by atoms with E-state index in [1.165, 1.54) is 24.8 Å². The zero-order chi connectivity index (χ0) is 15.2. The molecule has 0 saturated heterocycles. The number of hydrogen-bond donors (Lipinski definition) is 1. The Labute approximate surface area is 129 Å². The van der Waals surface area contributed by atoms with Crippen LogP contribution in [0.2, 0.25) is 0 Å². The molecule has 2 rings (SSSR count). The van der Waals surface area contributed by atoms with Crippen LogP contribution in [0.15, 0.2) is 16.7 Å². The van der Waals surface area contributed by atoms with Crippen molar-refractivity contribution in [2.24, 2.45) is 17.8 Å². The fourth-order valence-electron chi connectivity index (χ4n) is 3.31. The summed E-state index contributed by atoms with van der Waals surface area (Å²) in [5.41, 5.74) is 1.21. The van der Waals surface area contributed by atoms with E-state index in [-0.39, 0.29) is 0 Å². The Balaban J connectivity index is 1.72. The number of hydrogen-bond acceptors (Lipinski definition) is 3. The largest absolute Gasteiger partial charge is 0.467 e. The fourth-order valence-corrected chi connectivity index (χ4v) is 3.31. The van der Waals surface area contributed by atoms with Crippen molar-refractivity contribution in [1.29, 1.82) is 0 Å². The van der Waals surface area contributed by atoms with Crippen LogP contribution in [0.1, 0.15) is 58.3 Å². The molecule has 0 radical (unpaired) electrons. The van der Waals surface area contributed by atoms with Crippen LogP contribution in [0.5, 0.6) is 0 Å². The maximum Gasteiger partial charge on any atom is 0.129 e. The first-order valence-corrected chi connectivity index (χ1v) is 8.41. The van der Waals surface area contributed by atoms with Gasteiger partial charge < -0.3 is 14.5 Å². The van der Waals surface area contributed by atoms with Gasteiger partial charge in [0.25, 0.3) is 0 Å². The van der Waals surface area contributed by atoms with Gasteiger partial charge in [-0.2, -0.15) is 0 Å². The monoisotopic (exact) mass is 293 g/mol. The summed E-state index contributed by atoms with van der Waals surface area (Å²) in [7, 11) is 0. The molecule has 1 aromatic rings. The number of rotatable bonds is 7. The summed E-state index contributed by atoms with van der Waals surface area (Å²) in [5, 5.41) is 3.43. The molecule has 1 heterocycles. The van der Waals surface area contributed by atoms with Crippen molar-refractivity contribution in [2.45, 2.75) is 66.2 Å². The van der Waals surface area contributed by atoms with E-state index in [4.69, 9.17) is 9.15 Å². The highest BCUT2D eigenvalue weighted by Gasteiger charge is 2.24. The summed E-state index contributed by atoms with van der Waals surface area (Å²) < 4.78 is 11.7. The normalized spacial score (nSPS) is 26.4. The van der Waals surface area contributed by atoms with E-state index in [1.54, 1.807) is 0 Å². The molecule has 0 aromatic carbocycles. The van der Waals surface area contributed by atoms with Gasteiger partial charge in [0.05, 0.1) is 12.4 Å². The van der Waals surface area contributed by atoms with Gasteiger partial charge in [0.2, 0.25) is 0 Å². The third-order valence-electron chi connectivity index (χ3n) is 4.19. The van der Waals surface area contributed by atoms with Gasteiger partial charge in [0.15, 0.2) is 0 Å². The molecule has 21 heavy (non-hydrogen) atoms. The van der Waals surface area contributed by atoms with Crippen LogP contribution >= 0.6 is 0 Å².